The summed E-state index contributed by atoms with van der Waals surface area (Å²) in [5.74, 6) is 1.28. The lowest BCUT2D eigenvalue weighted by Crippen LogP contribution is -1.93. The Hall–Kier alpha value is 0.790. The molecular formula is C4H6S3. The number of rotatable bonds is 0. The van der Waals surface area contributed by atoms with E-state index in [0.29, 0.717) is 0 Å². The van der Waals surface area contributed by atoms with Crippen LogP contribution in [-0.4, -0.2) is 9.95 Å². The second-order valence-electron chi connectivity index (χ2n) is 1.38. The summed E-state index contributed by atoms with van der Waals surface area (Å²) in [6, 6.07) is 0. The lowest BCUT2D eigenvalue weighted by molar-refractivity contribution is 1.03. The van der Waals surface area contributed by atoms with Gasteiger partial charge >= 0.3 is 0 Å². The zero-order valence-electron chi connectivity index (χ0n) is 3.85. The maximum absolute atomic E-state index is 4.95. The van der Waals surface area contributed by atoms with Crippen LogP contribution in [0.5, 0.6) is 0 Å². The van der Waals surface area contributed by atoms with Gasteiger partial charge in [-0.2, -0.15) is 0 Å². The topological polar surface area (TPSA) is 0 Å². The maximum atomic E-state index is 4.95. The largest absolute Gasteiger partial charge is 0.0884 e. The van der Waals surface area contributed by atoms with E-state index in [0.717, 1.165) is 6.42 Å². The van der Waals surface area contributed by atoms with Crippen LogP contribution in [0.3, 0.4) is 0 Å². The van der Waals surface area contributed by atoms with Gasteiger partial charge in [0, 0.05) is 5.75 Å². The highest BCUT2D eigenvalue weighted by molar-refractivity contribution is 8.83. The molecule has 0 radical (unpaired) electrons. The fourth-order valence-corrected chi connectivity index (χ4v) is 2.95. The minimum absolute atomic E-state index is 1.16. The predicted octanol–water partition coefficient (Wildman–Crippen LogP) is 2.49. The first kappa shape index (κ1) is 5.92. The molecule has 1 heterocycles. The standard InChI is InChI=1S/C4H6S3/c5-4-2-1-3-6-7-4/h1-3H2. The quantitative estimate of drug-likeness (QED) is 0.384. The molecule has 0 nitrogen and oxygen atoms in total. The van der Waals surface area contributed by atoms with Crippen molar-refractivity contribution in [2.45, 2.75) is 12.8 Å². The number of thiocarbonyl (C=S) groups is 1. The second kappa shape index (κ2) is 2.95. The molecule has 0 saturated carbocycles. The van der Waals surface area contributed by atoms with E-state index in [4.69, 9.17) is 12.2 Å². The van der Waals surface area contributed by atoms with Gasteiger partial charge in [-0.1, -0.05) is 33.8 Å². The van der Waals surface area contributed by atoms with Crippen LogP contribution in [0.1, 0.15) is 12.8 Å². The van der Waals surface area contributed by atoms with Crippen molar-refractivity contribution in [1.82, 2.24) is 0 Å². The third-order valence-corrected chi connectivity index (χ3v) is 3.95. The summed E-state index contributed by atoms with van der Waals surface area (Å²) in [6.45, 7) is 0. The zero-order valence-corrected chi connectivity index (χ0v) is 6.30. The average molecular weight is 150 g/mol. The predicted molar refractivity (Wildman–Crippen MR) is 41.9 cm³/mol. The molecule has 3 heteroatoms. The summed E-state index contributed by atoms with van der Waals surface area (Å²) in [4.78, 5) is 0. The summed E-state index contributed by atoms with van der Waals surface area (Å²) in [6.07, 6.45) is 2.45. The third kappa shape index (κ3) is 2.02. The lowest BCUT2D eigenvalue weighted by atomic mass is 10.4. The summed E-state index contributed by atoms with van der Waals surface area (Å²) < 4.78 is 1.18. The Kier molecular flexibility index (Phi) is 2.49. The van der Waals surface area contributed by atoms with E-state index < -0.39 is 0 Å². The molecule has 0 aliphatic carbocycles. The molecule has 0 amide bonds. The molecule has 0 aromatic heterocycles. The van der Waals surface area contributed by atoms with E-state index in [-0.39, 0.29) is 0 Å². The van der Waals surface area contributed by atoms with Crippen molar-refractivity contribution >= 4 is 38.0 Å². The van der Waals surface area contributed by atoms with Crippen LogP contribution in [0.2, 0.25) is 0 Å². The molecule has 1 aliphatic heterocycles. The van der Waals surface area contributed by atoms with Crippen LogP contribution in [0, 0.1) is 0 Å². The van der Waals surface area contributed by atoms with Gasteiger partial charge in [-0.25, -0.2) is 0 Å². The van der Waals surface area contributed by atoms with Gasteiger partial charge in [-0.3, -0.25) is 0 Å². The maximum Gasteiger partial charge on any atom is 0.0587 e. The Balaban J connectivity index is 2.25. The van der Waals surface area contributed by atoms with Crippen molar-refractivity contribution in [2.24, 2.45) is 0 Å². The Morgan fingerprint density at radius 2 is 2.43 bits per heavy atom. The SMILES string of the molecule is S=C1CCCSS1. The summed E-state index contributed by atoms with van der Waals surface area (Å²) >= 11 is 4.95. The zero-order chi connectivity index (χ0) is 5.11. The van der Waals surface area contributed by atoms with Crippen molar-refractivity contribution in [3.63, 3.8) is 0 Å². The van der Waals surface area contributed by atoms with Crippen LogP contribution in [0.25, 0.3) is 0 Å². The summed E-state index contributed by atoms with van der Waals surface area (Å²) in [7, 11) is 3.64. The van der Waals surface area contributed by atoms with E-state index in [1.807, 2.05) is 10.8 Å². The summed E-state index contributed by atoms with van der Waals surface area (Å²) in [5, 5.41) is 0. The Bertz CT molecular complexity index is 71.0. The molecule has 7 heavy (non-hydrogen) atoms. The molecule has 0 atom stereocenters. The Morgan fingerprint density at radius 1 is 1.57 bits per heavy atom. The average Bonchev–Trinajstić information content (AvgIpc) is 1.69. The fourth-order valence-electron chi connectivity index (χ4n) is 0.424. The molecule has 40 valence electrons. The van der Waals surface area contributed by atoms with Crippen LogP contribution < -0.4 is 0 Å². The third-order valence-electron chi connectivity index (χ3n) is 0.760. The van der Waals surface area contributed by atoms with Crippen molar-refractivity contribution in [3.8, 4) is 0 Å². The van der Waals surface area contributed by atoms with E-state index in [2.05, 4.69) is 0 Å². The molecule has 0 N–H and O–H groups in total. The van der Waals surface area contributed by atoms with Crippen molar-refractivity contribution in [1.29, 1.82) is 0 Å². The molecule has 0 unspecified atom stereocenters. The van der Waals surface area contributed by atoms with Crippen LogP contribution >= 0.6 is 33.8 Å². The molecule has 1 saturated heterocycles. The smallest absolute Gasteiger partial charge is 0.0587 e. The van der Waals surface area contributed by atoms with Crippen molar-refractivity contribution in [2.75, 3.05) is 5.75 Å². The van der Waals surface area contributed by atoms with Crippen LogP contribution in [0.15, 0.2) is 0 Å². The van der Waals surface area contributed by atoms with Gasteiger partial charge in [0.05, 0.1) is 4.20 Å². The van der Waals surface area contributed by atoms with Crippen molar-refractivity contribution in [3.05, 3.63) is 0 Å². The highest BCUT2D eigenvalue weighted by atomic mass is 33.1. The fraction of sp³-hybridized carbons (Fsp3) is 0.750. The van der Waals surface area contributed by atoms with Crippen LogP contribution in [-0.2, 0) is 0 Å². The van der Waals surface area contributed by atoms with E-state index in [9.17, 15) is 0 Å². The van der Waals surface area contributed by atoms with Gasteiger partial charge in [0.2, 0.25) is 0 Å². The lowest BCUT2D eigenvalue weighted by Gasteiger charge is -2.06. The Labute approximate surface area is 56.8 Å². The van der Waals surface area contributed by atoms with E-state index >= 15 is 0 Å². The van der Waals surface area contributed by atoms with Crippen molar-refractivity contribution < 1.29 is 0 Å². The second-order valence-corrected chi connectivity index (χ2v) is 4.64. The Morgan fingerprint density at radius 3 is 2.71 bits per heavy atom. The first-order valence-electron chi connectivity index (χ1n) is 2.22. The normalized spacial score (nSPS) is 22.6. The highest BCUT2D eigenvalue weighted by Crippen LogP contribution is 2.31. The van der Waals surface area contributed by atoms with Gasteiger partial charge < -0.3 is 0 Å². The summed E-state index contributed by atoms with van der Waals surface area (Å²) in [5.41, 5.74) is 0. The van der Waals surface area contributed by atoms with E-state index in [1.165, 1.54) is 16.4 Å². The molecule has 1 fully saturated rings. The molecule has 1 aliphatic rings. The minimum atomic E-state index is 1.16. The van der Waals surface area contributed by atoms with Gasteiger partial charge in [-0.15, -0.1) is 0 Å². The van der Waals surface area contributed by atoms with Gasteiger partial charge in [0.1, 0.15) is 0 Å². The highest BCUT2D eigenvalue weighted by Gasteiger charge is 2.03. The molecule has 0 spiro atoms. The molecule has 0 aromatic carbocycles. The van der Waals surface area contributed by atoms with Gasteiger partial charge in [0.25, 0.3) is 0 Å². The van der Waals surface area contributed by atoms with Gasteiger partial charge in [-0.05, 0) is 12.8 Å². The van der Waals surface area contributed by atoms with Gasteiger partial charge in [0.15, 0.2) is 0 Å². The first-order chi connectivity index (χ1) is 3.39. The number of hydrogen-bond donors (Lipinski definition) is 0. The first-order valence-corrected chi connectivity index (χ1v) is 4.94. The number of hydrogen-bond acceptors (Lipinski definition) is 3. The van der Waals surface area contributed by atoms with E-state index in [1.54, 1.807) is 10.8 Å². The monoisotopic (exact) mass is 150 g/mol. The molecule has 1 rings (SSSR count). The molecule has 0 bridgehead atoms. The minimum Gasteiger partial charge on any atom is -0.0884 e. The molecule has 0 aromatic rings. The van der Waals surface area contributed by atoms with Crippen LogP contribution in [0.4, 0.5) is 0 Å². The molecular weight excluding hydrogens is 144 g/mol.